The van der Waals surface area contributed by atoms with Gasteiger partial charge in [0.15, 0.2) is 0 Å². The predicted molar refractivity (Wildman–Crippen MR) is 75.5 cm³/mol. The quantitative estimate of drug-likeness (QED) is 0.869. The van der Waals surface area contributed by atoms with Crippen molar-refractivity contribution in [3.63, 3.8) is 0 Å². The molecule has 4 heteroatoms. The number of aliphatic hydroxyl groups is 1. The van der Waals surface area contributed by atoms with Gasteiger partial charge in [-0.15, -0.1) is 0 Å². The van der Waals surface area contributed by atoms with Crippen molar-refractivity contribution in [2.75, 3.05) is 13.7 Å². The molecule has 0 atom stereocenters. The number of H-pyrrole nitrogens is 1. The van der Waals surface area contributed by atoms with Crippen molar-refractivity contribution in [3.05, 3.63) is 35.8 Å². The maximum absolute atomic E-state index is 8.91. The summed E-state index contributed by atoms with van der Waals surface area (Å²) in [6.07, 6.45) is 2.35. The molecule has 2 rings (SSSR count). The van der Waals surface area contributed by atoms with Crippen LogP contribution < -0.4 is 4.74 Å². The van der Waals surface area contributed by atoms with E-state index in [4.69, 9.17) is 9.84 Å². The van der Waals surface area contributed by atoms with Crippen molar-refractivity contribution < 1.29 is 9.84 Å². The zero-order valence-electron chi connectivity index (χ0n) is 11.6. The number of benzene rings is 1. The molecule has 0 amide bonds. The number of aromatic nitrogens is 2. The molecule has 0 spiro atoms. The third kappa shape index (κ3) is 2.96. The Hall–Kier alpha value is -1.81. The number of nitrogens with zero attached hydrogens (tertiary/aromatic N) is 1. The number of aromatic amines is 1. The van der Waals surface area contributed by atoms with E-state index in [0.29, 0.717) is 12.3 Å². The second-order valence-electron chi connectivity index (χ2n) is 4.83. The summed E-state index contributed by atoms with van der Waals surface area (Å²) in [6.45, 7) is 4.39. The highest BCUT2D eigenvalue weighted by Crippen LogP contribution is 2.30. The van der Waals surface area contributed by atoms with Crippen LogP contribution >= 0.6 is 0 Å². The van der Waals surface area contributed by atoms with Gasteiger partial charge in [-0.25, -0.2) is 4.98 Å². The molecule has 19 heavy (non-hydrogen) atoms. The van der Waals surface area contributed by atoms with E-state index in [1.807, 2.05) is 12.1 Å². The molecule has 0 unspecified atom stereocenters. The molecule has 0 bridgehead atoms. The van der Waals surface area contributed by atoms with Crippen molar-refractivity contribution in [1.29, 1.82) is 0 Å². The van der Waals surface area contributed by atoms with Crippen molar-refractivity contribution in [1.82, 2.24) is 9.97 Å². The van der Waals surface area contributed by atoms with Crippen LogP contribution in [0, 0.1) is 0 Å². The molecule has 1 aromatic carbocycles. The maximum Gasteiger partial charge on any atom is 0.122 e. The standard InChI is InChI=1S/C15H20N2O2/c1-10(2)12-8-11(4-5-14(12)19-3)13-9-16-15(17-13)6-7-18/h4-5,8-10,18H,6-7H2,1-3H3,(H,16,17). The van der Waals surface area contributed by atoms with Crippen LogP contribution in [-0.4, -0.2) is 28.8 Å². The fourth-order valence-corrected chi connectivity index (χ4v) is 2.10. The highest BCUT2D eigenvalue weighted by atomic mass is 16.5. The summed E-state index contributed by atoms with van der Waals surface area (Å²) in [7, 11) is 1.69. The monoisotopic (exact) mass is 260 g/mol. The van der Waals surface area contributed by atoms with Crippen molar-refractivity contribution in [2.45, 2.75) is 26.2 Å². The number of aliphatic hydroxyl groups excluding tert-OH is 1. The van der Waals surface area contributed by atoms with Crippen LogP contribution in [0.15, 0.2) is 24.4 Å². The second kappa shape index (κ2) is 5.89. The van der Waals surface area contributed by atoms with Gasteiger partial charge in [0.1, 0.15) is 11.6 Å². The topological polar surface area (TPSA) is 58.1 Å². The molecule has 0 aliphatic carbocycles. The van der Waals surface area contributed by atoms with Gasteiger partial charge < -0.3 is 14.8 Å². The molecular formula is C15H20N2O2. The summed E-state index contributed by atoms with van der Waals surface area (Å²) in [6, 6.07) is 6.12. The zero-order chi connectivity index (χ0) is 13.8. The summed E-state index contributed by atoms with van der Waals surface area (Å²) >= 11 is 0. The van der Waals surface area contributed by atoms with E-state index in [0.717, 1.165) is 22.8 Å². The minimum atomic E-state index is 0.104. The minimum Gasteiger partial charge on any atom is -0.496 e. The Morgan fingerprint density at radius 2 is 2.16 bits per heavy atom. The maximum atomic E-state index is 8.91. The number of rotatable bonds is 5. The van der Waals surface area contributed by atoms with Gasteiger partial charge in [0.25, 0.3) is 0 Å². The fraction of sp³-hybridized carbons (Fsp3) is 0.400. The van der Waals surface area contributed by atoms with Gasteiger partial charge >= 0.3 is 0 Å². The van der Waals surface area contributed by atoms with Gasteiger partial charge in [-0.1, -0.05) is 13.8 Å². The Morgan fingerprint density at radius 3 is 2.79 bits per heavy atom. The number of nitrogens with one attached hydrogen (secondary N) is 1. The molecule has 2 aromatic rings. The lowest BCUT2D eigenvalue weighted by Crippen LogP contribution is -1.95. The molecule has 1 heterocycles. The lowest BCUT2D eigenvalue weighted by atomic mass is 9.98. The number of methoxy groups -OCH3 is 1. The van der Waals surface area contributed by atoms with Gasteiger partial charge in [0.05, 0.1) is 25.6 Å². The number of hydrogen-bond donors (Lipinski definition) is 2. The first-order valence-electron chi connectivity index (χ1n) is 6.48. The van der Waals surface area contributed by atoms with Crippen LogP contribution in [0.3, 0.4) is 0 Å². The number of ether oxygens (including phenoxy) is 1. The lowest BCUT2D eigenvalue weighted by Gasteiger charge is -2.13. The Balaban J connectivity index is 2.36. The molecule has 0 saturated carbocycles. The number of imidazole rings is 1. The van der Waals surface area contributed by atoms with E-state index in [9.17, 15) is 0 Å². The molecule has 0 saturated heterocycles. The Kier molecular flexibility index (Phi) is 4.22. The zero-order valence-corrected chi connectivity index (χ0v) is 11.6. The van der Waals surface area contributed by atoms with Gasteiger partial charge in [0.2, 0.25) is 0 Å². The SMILES string of the molecule is COc1ccc(-c2cnc(CCO)[nH]2)cc1C(C)C. The molecule has 4 nitrogen and oxygen atoms in total. The Labute approximate surface area is 113 Å². The Bertz CT molecular complexity index is 547. The van der Waals surface area contributed by atoms with E-state index >= 15 is 0 Å². The van der Waals surface area contributed by atoms with E-state index in [2.05, 4.69) is 29.9 Å². The van der Waals surface area contributed by atoms with Crippen LogP contribution in [0.25, 0.3) is 11.3 Å². The third-order valence-electron chi connectivity index (χ3n) is 3.14. The van der Waals surface area contributed by atoms with Crippen LogP contribution in [-0.2, 0) is 6.42 Å². The summed E-state index contributed by atoms with van der Waals surface area (Å²) in [4.78, 5) is 7.47. The smallest absolute Gasteiger partial charge is 0.122 e. The van der Waals surface area contributed by atoms with Crippen molar-refractivity contribution in [2.24, 2.45) is 0 Å². The van der Waals surface area contributed by atoms with Gasteiger partial charge in [0, 0.05) is 12.0 Å². The highest BCUT2D eigenvalue weighted by molar-refractivity contribution is 5.62. The van der Waals surface area contributed by atoms with Crippen LogP contribution in [0.1, 0.15) is 31.2 Å². The van der Waals surface area contributed by atoms with Crippen LogP contribution in [0.5, 0.6) is 5.75 Å². The number of hydrogen-bond acceptors (Lipinski definition) is 3. The molecule has 0 radical (unpaired) electrons. The summed E-state index contributed by atoms with van der Waals surface area (Å²) in [5, 5.41) is 8.91. The van der Waals surface area contributed by atoms with Gasteiger partial charge in [-0.05, 0) is 29.7 Å². The molecule has 0 aliphatic heterocycles. The first-order valence-corrected chi connectivity index (χ1v) is 6.48. The fourth-order valence-electron chi connectivity index (χ4n) is 2.10. The van der Waals surface area contributed by atoms with E-state index < -0.39 is 0 Å². The van der Waals surface area contributed by atoms with E-state index in [1.165, 1.54) is 5.56 Å². The minimum absolute atomic E-state index is 0.104. The molecular weight excluding hydrogens is 240 g/mol. The molecule has 1 aromatic heterocycles. The first kappa shape index (κ1) is 13.6. The van der Waals surface area contributed by atoms with Crippen molar-refractivity contribution in [3.8, 4) is 17.0 Å². The normalized spacial score (nSPS) is 11.0. The predicted octanol–water partition coefficient (Wildman–Crippen LogP) is 2.74. The second-order valence-corrected chi connectivity index (χ2v) is 4.83. The summed E-state index contributed by atoms with van der Waals surface area (Å²) < 4.78 is 5.38. The molecule has 0 fully saturated rings. The van der Waals surface area contributed by atoms with Gasteiger partial charge in [-0.3, -0.25) is 0 Å². The summed E-state index contributed by atoms with van der Waals surface area (Å²) in [5.74, 6) is 2.11. The lowest BCUT2D eigenvalue weighted by molar-refractivity contribution is 0.297. The molecule has 2 N–H and O–H groups in total. The van der Waals surface area contributed by atoms with Crippen molar-refractivity contribution >= 4 is 0 Å². The highest BCUT2D eigenvalue weighted by Gasteiger charge is 2.10. The average Bonchev–Trinajstić information content (AvgIpc) is 2.87. The third-order valence-corrected chi connectivity index (χ3v) is 3.14. The van der Waals surface area contributed by atoms with Crippen LogP contribution in [0.4, 0.5) is 0 Å². The summed E-state index contributed by atoms with van der Waals surface area (Å²) in [5.41, 5.74) is 3.23. The average molecular weight is 260 g/mol. The molecule has 102 valence electrons. The first-order chi connectivity index (χ1) is 9.15. The Morgan fingerprint density at radius 1 is 1.37 bits per heavy atom. The molecule has 0 aliphatic rings. The van der Waals surface area contributed by atoms with Gasteiger partial charge in [-0.2, -0.15) is 0 Å². The van der Waals surface area contributed by atoms with Crippen LogP contribution in [0.2, 0.25) is 0 Å². The van der Waals surface area contributed by atoms with E-state index in [1.54, 1.807) is 13.3 Å². The largest absolute Gasteiger partial charge is 0.496 e. The van der Waals surface area contributed by atoms with E-state index in [-0.39, 0.29) is 6.61 Å².